The van der Waals surface area contributed by atoms with E-state index in [0.29, 0.717) is 24.3 Å². The zero-order valence-electron chi connectivity index (χ0n) is 14.8. The molecule has 0 nitrogen and oxygen atoms in total. The normalized spacial score (nSPS) is 28.5. The van der Waals surface area contributed by atoms with Crippen molar-refractivity contribution in [1.82, 2.24) is 0 Å². The summed E-state index contributed by atoms with van der Waals surface area (Å²) < 4.78 is 42.7. The van der Waals surface area contributed by atoms with Crippen molar-refractivity contribution < 1.29 is 13.2 Å². The first-order valence-electron chi connectivity index (χ1n) is 8.24. The van der Waals surface area contributed by atoms with Crippen molar-refractivity contribution in [1.29, 1.82) is 0 Å². The predicted octanol–water partition coefficient (Wildman–Crippen LogP) is 6.51. The quantitative estimate of drug-likeness (QED) is 0.544. The standard InChI is InChI=1S/C20H27F3/c1-13-7-8-17(11-15(13)3)19(6,20(21,22)23)18(5)10-9-14(2)16(4)12-18/h7-8,11,14H,4,9-10,12H2,1-3,5-6H3. The lowest BCUT2D eigenvalue weighted by Crippen LogP contribution is -2.53. The van der Waals surface area contributed by atoms with Crippen molar-refractivity contribution in [3.8, 4) is 0 Å². The van der Waals surface area contributed by atoms with Gasteiger partial charge in [-0.2, -0.15) is 13.2 Å². The number of alkyl halides is 3. The fourth-order valence-electron chi connectivity index (χ4n) is 3.84. The molecule has 3 atom stereocenters. The van der Waals surface area contributed by atoms with Crippen LogP contribution >= 0.6 is 0 Å². The molecule has 3 unspecified atom stereocenters. The summed E-state index contributed by atoms with van der Waals surface area (Å²) in [5.74, 6) is 0.306. The third-order valence-corrected chi connectivity index (χ3v) is 6.30. The van der Waals surface area contributed by atoms with E-state index < -0.39 is 17.0 Å². The lowest BCUT2D eigenvalue weighted by Gasteiger charge is -2.51. The molecule has 0 N–H and O–H groups in total. The van der Waals surface area contributed by atoms with Crippen LogP contribution in [0.4, 0.5) is 13.2 Å². The van der Waals surface area contributed by atoms with Gasteiger partial charge in [0.25, 0.3) is 0 Å². The number of halogens is 3. The van der Waals surface area contributed by atoms with E-state index in [-0.39, 0.29) is 0 Å². The fraction of sp³-hybridized carbons (Fsp3) is 0.600. The molecule has 0 heterocycles. The maximum Gasteiger partial charge on any atom is 0.398 e. The van der Waals surface area contributed by atoms with Crippen LogP contribution in [0, 0.1) is 25.2 Å². The molecule has 0 bridgehead atoms. The minimum absolute atomic E-state index is 0.306. The molecule has 1 saturated carbocycles. The Morgan fingerprint density at radius 1 is 1.17 bits per heavy atom. The van der Waals surface area contributed by atoms with E-state index in [1.807, 2.05) is 13.8 Å². The van der Waals surface area contributed by atoms with Crippen molar-refractivity contribution in [2.75, 3.05) is 0 Å². The maximum absolute atomic E-state index is 14.2. The molecule has 2 rings (SSSR count). The molecule has 128 valence electrons. The summed E-state index contributed by atoms with van der Waals surface area (Å²) in [5, 5.41) is 0. The molecule has 1 fully saturated rings. The molecule has 1 aromatic rings. The Bertz CT molecular complexity index is 614. The number of allylic oxidation sites excluding steroid dienone is 1. The van der Waals surface area contributed by atoms with Gasteiger partial charge in [-0.05, 0) is 68.1 Å². The van der Waals surface area contributed by atoms with Crippen molar-refractivity contribution in [2.45, 2.75) is 65.5 Å². The molecule has 23 heavy (non-hydrogen) atoms. The van der Waals surface area contributed by atoms with Gasteiger partial charge < -0.3 is 0 Å². The van der Waals surface area contributed by atoms with Gasteiger partial charge in [-0.25, -0.2) is 0 Å². The van der Waals surface area contributed by atoms with E-state index in [1.54, 1.807) is 25.1 Å². The SMILES string of the molecule is C=C1CC(C)(C(C)(c2ccc(C)c(C)c2)C(F)(F)F)CCC1C. The summed E-state index contributed by atoms with van der Waals surface area (Å²) in [7, 11) is 0. The third kappa shape index (κ3) is 2.83. The number of rotatable bonds is 2. The van der Waals surface area contributed by atoms with Gasteiger partial charge >= 0.3 is 6.18 Å². The molecule has 1 aliphatic carbocycles. The number of aryl methyl sites for hydroxylation is 2. The van der Waals surface area contributed by atoms with Gasteiger partial charge in [0.15, 0.2) is 0 Å². The molecule has 0 spiro atoms. The predicted molar refractivity (Wildman–Crippen MR) is 89.6 cm³/mol. The lowest BCUT2D eigenvalue weighted by atomic mass is 9.54. The first-order valence-corrected chi connectivity index (χ1v) is 8.24. The van der Waals surface area contributed by atoms with E-state index in [2.05, 4.69) is 13.5 Å². The molecule has 0 saturated heterocycles. The monoisotopic (exact) mass is 324 g/mol. The van der Waals surface area contributed by atoms with Gasteiger partial charge in [-0.15, -0.1) is 0 Å². The topological polar surface area (TPSA) is 0 Å². The summed E-state index contributed by atoms with van der Waals surface area (Å²) in [6.07, 6.45) is -2.54. The van der Waals surface area contributed by atoms with E-state index in [9.17, 15) is 13.2 Å². The average Bonchev–Trinajstić information content (AvgIpc) is 2.44. The Labute approximate surface area is 137 Å². The molecule has 0 radical (unpaired) electrons. The Balaban J connectivity index is 2.60. The third-order valence-electron chi connectivity index (χ3n) is 6.30. The van der Waals surface area contributed by atoms with E-state index in [0.717, 1.165) is 23.1 Å². The fourth-order valence-corrected chi connectivity index (χ4v) is 3.84. The van der Waals surface area contributed by atoms with Crippen LogP contribution in [-0.4, -0.2) is 6.18 Å². The van der Waals surface area contributed by atoms with Gasteiger partial charge in [0.05, 0.1) is 5.41 Å². The Kier molecular flexibility index (Phi) is 4.47. The summed E-state index contributed by atoms with van der Waals surface area (Å²) >= 11 is 0. The van der Waals surface area contributed by atoms with Crippen molar-refractivity contribution >= 4 is 0 Å². The number of hydrogen-bond donors (Lipinski definition) is 0. The van der Waals surface area contributed by atoms with Crippen LogP contribution in [0.15, 0.2) is 30.4 Å². The van der Waals surface area contributed by atoms with Crippen molar-refractivity contribution in [2.24, 2.45) is 11.3 Å². The summed E-state index contributed by atoms with van der Waals surface area (Å²) in [4.78, 5) is 0. The smallest absolute Gasteiger partial charge is 0.170 e. The van der Waals surface area contributed by atoms with Crippen molar-refractivity contribution in [3.63, 3.8) is 0 Å². The van der Waals surface area contributed by atoms with E-state index >= 15 is 0 Å². The zero-order valence-corrected chi connectivity index (χ0v) is 14.8. The van der Waals surface area contributed by atoms with E-state index in [1.165, 1.54) is 6.92 Å². The van der Waals surface area contributed by atoms with Gasteiger partial charge in [0, 0.05) is 0 Å². The molecule has 0 aromatic heterocycles. The van der Waals surface area contributed by atoms with Gasteiger partial charge in [0.1, 0.15) is 0 Å². The molecular formula is C20H27F3. The van der Waals surface area contributed by atoms with Gasteiger partial charge in [-0.3, -0.25) is 0 Å². The summed E-state index contributed by atoms with van der Waals surface area (Å²) in [6.45, 7) is 13.1. The highest BCUT2D eigenvalue weighted by Gasteiger charge is 2.62. The van der Waals surface area contributed by atoms with Gasteiger partial charge in [-0.1, -0.05) is 44.2 Å². The first kappa shape index (κ1) is 18.1. The summed E-state index contributed by atoms with van der Waals surface area (Å²) in [5.41, 5.74) is 0.503. The second kappa shape index (κ2) is 5.68. The Morgan fingerprint density at radius 3 is 2.26 bits per heavy atom. The molecular weight excluding hydrogens is 297 g/mol. The maximum atomic E-state index is 14.2. The lowest BCUT2D eigenvalue weighted by molar-refractivity contribution is -0.222. The Morgan fingerprint density at radius 2 is 1.78 bits per heavy atom. The van der Waals surface area contributed by atoms with Crippen molar-refractivity contribution in [3.05, 3.63) is 47.0 Å². The highest BCUT2D eigenvalue weighted by molar-refractivity contribution is 5.38. The molecule has 0 amide bonds. The molecule has 3 heteroatoms. The highest BCUT2D eigenvalue weighted by Crippen LogP contribution is 2.59. The first-order chi connectivity index (χ1) is 10.4. The summed E-state index contributed by atoms with van der Waals surface area (Å²) in [6, 6.07) is 5.18. The minimum Gasteiger partial charge on any atom is -0.170 e. The van der Waals surface area contributed by atoms with Crippen LogP contribution in [0.3, 0.4) is 0 Å². The average molecular weight is 324 g/mol. The highest BCUT2D eigenvalue weighted by atomic mass is 19.4. The minimum atomic E-state index is -4.30. The number of hydrogen-bond acceptors (Lipinski definition) is 0. The molecule has 0 aliphatic heterocycles. The Hall–Kier alpha value is -1.25. The van der Waals surface area contributed by atoms with Gasteiger partial charge in [0.2, 0.25) is 0 Å². The van der Waals surface area contributed by atoms with Crippen LogP contribution in [0.2, 0.25) is 0 Å². The van der Waals surface area contributed by atoms with Crippen LogP contribution in [0.25, 0.3) is 0 Å². The van der Waals surface area contributed by atoms with Crippen LogP contribution in [-0.2, 0) is 5.41 Å². The molecule has 1 aliphatic rings. The molecule has 1 aromatic carbocycles. The van der Waals surface area contributed by atoms with Crippen LogP contribution in [0.1, 0.15) is 56.7 Å². The van der Waals surface area contributed by atoms with Crippen LogP contribution in [0.5, 0.6) is 0 Å². The second-order valence-electron chi connectivity index (χ2n) is 7.76. The second-order valence-corrected chi connectivity index (χ2v) is 7.76. The zero-order chi connectivity index (χ0) is 17.6. The largest absolute Gasteiger partial charge is 0.398 e. The van der Waals surface area contributed by atoms with E-state index in [4.69, 9.17) is 0 Å². The number of benzene rings is 1. The van der Waals surface area contributed by atoms with Crippen LogP contribution < -0.4 is 0 Å².